The van der Waals surface area contributed by atoms with Gasteiger partial charge in [-0.15, -0.1) is 0 Å². The molecule has 0 aromatic heterocycles. The van der Waals surface area contributed by atoms with Crippen LogP contribution in [0.4, 0.5) is 0 Å². The number of hydrogen-bond donors (Lipinski definition) is 2. The lowest BCUT2D eigenvalue weighted by Gasteiger charge is -2.26. The molecular weight excluding hydrogens is 374 g/mol. The molecule has 1 unspecified atom stereocenters. The molecule has 0 fully saturated rings. The number of unbranched alkanes of at least 4 members (excludes halogenated alkanes) is 12. The van der Waals surface area contributed by atoms with Crippen molar-refractivity contribution in [2.24, 2.45) is 11.1 Å². The van der Waals surface area contributed by atoms with Gasteiger partial charge in [-0.3, -0.25) is 4.55 Å². The molecule has 0 radical (unpaired) electrons. The fourth-order valence-corrected chi connectivity index (χ4v) is 3.26. The summed E-state index contributed by atoms with van der Waals surface area (Å²) in [5.74, 6) is 0. The molecule has 0 aliphatic heterocycles. The topological polar surface area (TPSA) is 89.6 Å². The van der Waals surface area contributed by atoms with Gasteiger partial charge in [0.05, 0.1) is 6.61 Å². The Balaban J connectivity index is 0. The third-order valence-electron chi connectivity index (χ3n) is 5.00. The smallest absolute Gasteiger partial charge is 0.327 e. The Kier molecular flexibility index (Phi) is 20.2. The van der Waals surface area contributed by atoms with E-state index in [2.05, 4.69) is 31.9 Å². The van der Waals surface area contributed by atoms with Gasteiger partial charge in [0, 0.05) is 6.04 Å². The lowest BCUT2D eigenvalue weighted by molar-refractivity contribution is 0.283. The quantitative estimate of drug-likeness (QED) is 0.214. The lowest BCUT2D eigenvalue weighted by Crippen LogP contribution is -2.34. The number of rotatable bonds is 16. The summed E-state index contributed by atoms with van der Waals surface area (Å²) in [6.07, 6.45) is 19.7. The third kappa shape index (κ3) is 25.8. The third-order valence-corrected chi connectivity index (χ3v) is 5.53. The molecule has 0 aromatic rings. The Bertz CT molecular complexity index is 419. The van der Waals surface area contributed by atoms with Crippen LogP contribution in [-0.2, 0) is 14.6 Å². The summed E-state index contributed by atoms with van der Waals surface area (Å²) in [5, 5.41) is 0. The highest BCUT2D eigenvalue weighted by atomic mass is 32.3. The highest BCUT2D eigenvalue weighted by Gasteiger charge is 2.19. The van der Waals surface area contributed by atoms with Gasteiger partial charge in [0.2, 0.25) is 0 Å². The number of hydrogen-bond acceptors (Lipinski definition) is 4. The lowest BCUT2D eigenvalue weighted by atomic mass is 9.84. The van der Waals surface area contributed by atoms with Crippen molar-refractivity contribution in [3.63, 3.8) is 0 Å². The van der Waals surface area contributed by atoms with E-state index in [1.165, 1.54) is 96.8 Å². The van der Waals surface area contributed by atoms with E-state index in [1.807, 2.05) is 0 Å². The summed E-state index contributed by atoms with van der Waals surface area (Å²) in [5.41, 5.74) is 6.46. The van der Waals surface area contributed by atoms with E-state index in [1.54, 1.807) is 0 Å². The predicted octanol–water partition coefficient (Wildman–Crippen LogP) is 6.67. The van der Waals surface area contributed by atoms with Crippen molar-refractivity contribution in [3.05, 3.63) is 0 Å². The van der Waals surface area contributed by atoms with Crippen molar-refractivity contribution in [1.82, 2.24) is 0 Å². The molecule has 1 atom stereocenters. The second kappa shape index (κ2) is 18.8. The van der Waals surface area contributed by atoms with Crippen LogP contribution in [0.5, 0.6) is 0 Å². The molecule has 0 saturated carbocycles. The monoisotopic (exact) mass is 423 g/mol. The Hall–Kier alpha value is -0.170. The summed E-state index contributed by atoms with van der Waals surface area (Å²) in [4.78, 5) is 0. The molecule has 0 spiro atoms. The average molecular weight is 424 g/mol. The van der Waals surface area contributed by atoms with Gasteiger partial charge in [-0.1, -0.05) is 111 Å². The SMILES string of the molecule is CCCCCCCCCCCCCCCC(N)C(C)(C)C.CCOS(=O)(=O)O. The summed E-state index contributed by atoms with van der Waals surface area (Å²) in [6, 6.07) is 0.366. The minimum atomic E-state index is -4.17. The molecule has 28 heavy (non-hydrogen) atoms. The minimum Gasteiger partial charge on any atom is -0.327 e. The fraction of sp³-hybridized carbons (Fsp3) is 1.00. The first kappa shape index (κ1) is 30.0. The van der Waals surface area contributed by atoms with E-state index in [0.29, 0.717) is 6.04 Å². The van der Waals surface area contributed by atoms with Crippen LogP contribution < -0.4 is 5.73 Å². The van der Waals surface area contributed by atoms with Crippen molar-refractivity contribution in [2.75, 3.05) is 6.61 Å². The van der Waals surface area contributed by atoms with Crippen molar-refractivity contribution >= 4 is 10.4 Å². The van der Waals surface area contributed by atoms with Gasteiger partial charge in [0.1, 0.15) is 0 Å². The molecule has 172 valence electrons. The summed E-state index contributed by atoms with van der Waals surface area (Å²) in [6.45, 7) is 10.5. The van der Waals surface area contributed by atoms with E-state index in [4.69, 9.17) is 10.3 Å². The molecular formula is C22H49NO4S. The molecule has 5 nitrogen and oxygen atoms in total. The molecule has 0 aromatic carbocycles. The maximum Gasteiger partial charge on any atom is 0.397 e. The Labute approximate surface area is 176 Å². The molecule has 0 aliphatic rings. The standard InChI is InChI=1S/C20H43N.C2H6O4S/c1-5-6-7-8-9-10-11-12-13-14-15-16-17-18-19(21)20(2,3)4;1-2-6-7(3,4)5/h19H,5-18,21H2,1-4H3;2H2,1H3,(H,3,4,5). The van der Waals surface area contributed by atoms with Crippen LogP contribution in [0.3, 0.4) is 0 Å². The molecule has 6 heteroatoms. The number of nitrogens with two attached hydrogens (primary N) is 1. The van der Waals surface area contributed by atoms with Crippen LogP contribution >= 0.6 is 0 Å². The van der Waals surface area contributed by atoms with Crippen molar-refractivity contribution in [1.29, 1.82) is 0 Å². The van der Waals surface area contributed by atoms with E-state index in [-0.39, 0.29) is 12.0 Å². The van der Waals surface area contributed by atoms with E-state index < -0.39 is 10.4 Å². The van der Waals surface area contributed by atoms with E-state index in [0.717, 1.165) is 0 Å². The van der Waals surface area contributed by atoms with Crippen molar-refractivity contribution < 1.29 is 17.2 Å². The van der Waals surface area contributed by atoms with Crippen LogP contribution in [0, 0.1) is 5.41 Å². The average Bonchev–Trinajstić information content (AvgIpc) is 2.57. The van der Waals surface area contributed by atoms with Gasteiger partial charge in [-0.2, -0.15) is 8.42 Å². The zero-order valence-electron chi connectivity index (χ0n) is 19.3. The highest BCUT2D eigenvalue weighted by Crippen LogP contribution is 2.22. The van der Waals surface area contributed by atoms with Gasteiger partial charge in [0.25, 0.3) is 0 Å². The van der Waals surface area contributed by atoms with E-state index in [9.17, 15) is 8.42 Å². The van der Waals surface area contributed by atoms with Gasteiger partial charge in [-0.05, 0) is 18.8 Å². The Morgan fingerprint density at radius 2 is 1.14 bits per heavy atom. The second-order valence-electron chi connectivity index (χ2n) is 8.84. The first-order valence-electron chi connectivity index (χ1n) is 11.4. The van der Waals surface area contributed by atoms with Crippen molar-refractivity contribution in [3.8, 4) is 0 Å². The Morgan fingerprint density at radius 3 is 1.39 bits per heavy atom. The molecule has 0 saturated heterocycles. The first-order valence-corrected chi connectivity index (χ1v) is 12.8. The maximum absolute atomic E-state index is 9.56. The van der Waals surface area contributed by atoms with Gasteiger partial charge < -0.3 is 5.73 Å². The first-order chi connectivity index (χ1) is 13.0. The van der Waals surface area contributed by atoms with Crippen LogP contribution in [-0.4, -0.2) is 25.6 Å². The normalized spacial score (nSPS) is 13.1. The summed E-state index contributed by atoms with van der Waals surface area (Å²) >= 11 is 0. The van der Waals surface area contributed by atoms with E-state index >= 15 is 0 Å². The molecule has 3 N–H and O–H groups in total. The predicted molar refractivity (Wildman–Crippen MR) is 121 cm³/mol. The van der Waals surface area contributed by atoms with Crippen molar-refractivity contribution in [2.45, 2.75) is 131 Å². The minimum absolute atomic E-state index is 0.0289. The molecule has 0 rings (SSSR count). The Morgan fingerprint density at radius 1 is 0.786 bits per heavy atom. The molecule has 0 heterocycles. The summed E-state index contributed by atoms with van der Waals surface area (Å²) < 4.78 is 30.7. The van der Waals surface area contributed by atoms with Gasteiger partial charge in [0.15, 0.2) is 0 Å². The molecule has 0 amide bonds. The summed E-state index contributed by atoms with van der Waals surface area (Å²) in [7, 11) is -4.17. The second-order valence-corrected chi connectivity index (χ2v) is 9.93. The van der Waals surface area contributed by atoms with Crippen LogP contribution in [0.2, 0.25) is 0 Å². The highest BCUT2D eigenvalue weighted by molar-refractivity contribution is 7.80. The van der Waals surface area contributed by atoms with Gasteiger partial charge >= 0.3 is 10.4 Å². The fourth-order valence-electron chi connectivity index (χ4n) is 2.96. The van der Waals surface area contributed by atoms with Gasteiger partial charge in [-0.25, -0.2) is 4.18 Å². The van der Waals surface area contributed by atoms with Crippen LogP contribution in [0.25, 0.3) is 0 Å². The molecule has 0 bridgehead atoms. The zero-order chi connectivity index (χ0) is 21.9. The largest absolute Gasteiger partial charge is 0.397 e. The zero-order valence-corrected chi connectivity index (χ0v) is 20.2. The van der Waals surface area contributed by atoms with Crippen LogP contribution in [0.1, 0.15) is 125 Å². The maximum atomic E-state index is 9.56. The molecule has 0 aliphatic carbocycles. The van der Waals surface area contributed by atoms with Crippen LogP contribution in [0.15, 0.2) is 0 Å².